The molecular formula is C52H36N2. The van der Waals surface area contributed by atoms with E-state index in [1.165, 1.54) is 60.4 Å². The summed E-state index contributed by atoms with van der Waals surface area (Å²) in [5, 5.41) is 4.89. The van der Waals surface area contributed by atoms with Gasteiger partial charge in [-0.05, 0) is 75.7 Å². The second kappa shape index (κ2) is 13.4. The van der Waals surface area contributed by atoms with Crippen LogP contribution >= 0.6 is 0 Å². The van der Waals surface area contributed by atoms with Crippen LogP contribution in [0.15, 0.2) is 218 Å². The van der Waals surface area contributed by atoms with Crippen molar-refractivity contribution in [3.63, 3.8) is 0 Å². The van der Waals surface area contributed by atoms with E-state index in [-0.39, 0.29) is 0 Å². The molecule has 9 aromatic carbocycles. The van der Waals surface area contributed by atoms with E-state index in [4.69, 9.17) is 0 Å². The average molecular weight is 689 g/mol. The molecule has 0 fully saturated rings. The second-order valence-corrected chi connectivity index (χ2v) is 13.7. The zero-order chi connectivity index (χ0) is 35.8. The maximum atomic E-state index is 2.51. The van der Waals surface area contributed by atoms with Gasteiger partial charge in [0.2, 0.25) is 0 Å². The number of anilines is 3. The van der Waals surface area contributed by atoms with Crippen LogP contribution in [0, 0.1) is 0 Å². The van der Waals surface area contributed by atoms with Crippen molar-refractivity contribution in [3.05, 3.63) is 218 Å². The van der Waals surface area contributed by atoms with Gasteiger partial charge in [0, 0.05) is 33.1 Å². The summed E-state index contributed by atoms with van der Waals surface area (Å²) in [4.78, 5) is 2.46. The molecule has 54 heavy (non-hydrogen) atoms. The highest BCUT2D eigenvalue weighted by molar-refractivity contribution is 6.26. The van der Waals surface area contributed by atoms with Gasteiger partial charge in [0.05, 0.1) is 22.4 Å². The Kier molecular flexibility index (Phi) is 7.85. The molecule has 0 spiro atoms. The lowest BCUT2D eigenvalue weighted by atomic mass is 9.95. The maximum Gasteiger partial charge on any atom is 0.0782 e. The first-order valence-electron chi connectivity index (χ1n) is 18.5. The molecule has 0 bridgehead atoms. The van der Waals surface area contributed by atoms with Crippen LogP contribution in [0.25, 0.3) is 71.6 Å². The molecule has 0 aliphatic carbocycles. The summed E-state index contributed by atoms with van der Waals surface area (Å²) in [6.07, 6.45) is 0. The van der Waals surface area contributed by atoms with Crippen LogP contribution in [0.5, 0.6) is 0 Å². The molecule has 0 unspecified atom stereocenters. The van der Waals surface area contributed by atoms with Crippen molar-refractivity contribution in [2.24, 2.45) is 0 Å². The molecule has 0 aliphatic rings. The van der Waals surface area contributed by atoms with Gasteiger partial charge in [-0.15, -0.1) is 0 Å². The quantitative estimate of drug-likeness (QED) is 0.162. The Balaban J connectivity index is 1.35. The van der Waals surface area contributed by atoms with Crippen LogP contribution in [0.2, 0.25) is 0 Å². The van der Waals surface area contributed by atoms with E-state index in [2.05, 4.69) is 228 Å². The molecule has 254 valence electrons. The first-order chi connectivity index (χ1) is 26.8. The number of rotatable bonds is 7. The number of nitrogens with zero attached hydrogens (tertiary/aromatic N) is 2. The normalized spacial score (nSPS) is 11.3. The van der Waals surface area contributed by atoms with E-state index in [9.17, 15) is 0 Å². The number of hydrogen-bond acceptors (Lipinski definition) is 1. The van der Waals surface area contributed by atoms with Crippen molar-refractivity contribution >= 4 is 49.6 Å². The molecule has 10 aromatic rings. The van der Waals surface area contributed by atoms with Gasteiger partial charge < -0.3 is 9.47 Å². The molecule has 2 nitrogen and oxygen atoms in total. The average Bonchev–Trinajstić information content (AvgIpc) is 3.62. The smallest absolute Gasteiger partial charge is 0.0782 e. The molecule has 10 rings (SSSR count). The second-order valence-electron chi connectivity index (χ2n) is 13.7. The Morgan fingerprint density at radius 3 is 1.56 bits per heavy atom. The van der Waals surface area contributed by atoms with Gasteiger partial charge in [-0.3, -0.25) is 0 Å². The van der Waals surface area contributed by atoms with Crippen LogP contribution in [-0.4, -0.2) is 4.57 Å². The van der Waals surface area contributed by atoms with Crippen LogP contribution in [-0.2, 0) is 0 Å². The molecule has 0 saturated carbocycles. The SMILES string of the molecule is c1ccc(-c2ccc(N(c3ccccc3-c3ccccc3)c3cccc4c5c(-c6ccccc6)cc6ccccc6c5n(-c5ccccc5)c34)cc2)cc1. The lowest BCUT2D eigenvalue weighted by molar-refractivity contribution is 1.17. The summed E-state index contributed by atoms with van der Waals surface area (Å²) in [6, 6.07) is 78.9. The topological polar surface area (TPSA) is 8.17 Å². The zero-order valence-electron chi connectivity index (χ0n) is 29.7. The Hall–Kier alpha value is -7.16. The Labute approximate surface area is 315 Å². The summed E-state index contributed by atoms with van der Waals surface area (Å²) < 4.78 is 2.51. The molecule has 0 saturated heterocycles. The number of hydrogen-bond donors (Lipinski definition) is 0. The highest BCUT2D eigenvalue weighted by Crippen LogP contribution is 2.49. The monoisotopic (exact) mass is 688 g/mol. The number of para-hydroxylation sites is 3. The van der Waals surface area contributed by atoms with Gasteiger partial charge in [0.1, 0.15) is 0 Å². The van der Waals surface area contributed by atoms with Crippen molar-refractivity contribution < 1.29 is 0 Å². The van der Waals surface area contributed by atoms with Crippen LogP contribution < -0.4 is 4.90 Å². The Morgan fingerprint density at radius 1 is 0.333 bits per heavy atom. The van der Waals surface area contributed by atoms with Gasteiger partial charge in [0.25, 0.3) is 0 Å². The predicted octanol–water partition coefficient (Wildman–Crippen LogP) is 14.4. The van der Waals surface area contributed by atoms with E-state index in [0.717, 1.165) is 28.3 Å². The summed E-state index contributed by atoms with van der Waals surface area (Å²) in [5.74, 6) is 0. The molecule has 0 amide bonds. The van der Waals surface area contributed by atoms with Gasteiger partial charge >= 0.3 is 0 Å². The summed E-state index contributed by atoms with van der Waals surface area (Å²) in [6.45, 7) is 0. The third-order valence-corrected chi connectivity index (χ3v) is 10.6. The minimum absolute atomic E-state index is 1.09. The standard InChI is InChI=1S/C52H36N2/c1-5-18-37(19-6-1)38-32-34-43(35-33-38)53(48-30-16-15-27-44(48)39-20-7-2-8-21-39)49-31-17-29-46-50-47(40-22-9-3-10-23-40)36-41-24-13-14-28-45(41)52(50)54(51(46)49)42-25-11-4-12-26-42/h1-36H. The summed E-state index contributed by atoms with van der Waals surface area (Å²) in [7, 11) is 0. The highest BCUT2D eigenvalue weighted by Gasteiger charge is 2.26. The van der Waals surface area contributed by atoms with Crippen molar-refractivity contribution in [2.75, 3.05) is 4.90 Å². The van der Waals surface area contributed by atoms with E-state index in [1.54, 1.807) is 0 Å². The first-order valence-corrected chi connectivity index (χ1v) is 18.5. The molecule has 0 radical (unpaired) electrons. The lowest BCUT2D eigenvalue weighted by Crippen LogP contribution is -2.13. The molecule has 1 heterocycles. The summed E-state index contributed by atoms with van der Waals surface area (Å²) >= 11 is 0. The van der Waals surface area contributed by atoms with E-state index in [1.807, 2.05) is 0 Å². The first kappa shape index (κ1) is 31.6. The van der Waals surface area contributed by atoms with Crippen LogP contribution in [0.3, 0.4) is 0 Å². The predicted molar refractivity (Wildman–Crippen MR) is 229 cm³/mol. The maximum absolute atomic E-state index is 2.51. The number of fused-ring (bicyclic) bond motifs is 5. The summed E-state index contributed by atoms with van der Waals surface area (Å²) in [5.41, 5.74) is 13.9. The Bertz CT molecular complexity index is 2890. The third-order valence-electron chi connectivity index (χ3n) is 10.6. The van der Waals surface area contributed by atoms with Crippen molar-refractivity contribution in [1.29, 1.82) is 0 Å². The minimum Gasteiger partial charge on any atom is -0.308 e. The van der Waals surface area contributed by atoms with E-state index < -0.39 is 0 Å². The minimum atomic E-state index is 1.09. The molecule has 0 atom stereocenters. The molecule has 1 aromatic heterocycles. The molecule has 0 aliphatic heterocycles. The fourth-order valence-corrected chi connectivity index (χ4v) is 8.15. The van der Waals surface area contributed by atoms with Crippen molar-refractivity contribution in [2.45, 2.75) is 0 Å². The van der Waals surface area contributed by atoms with E-state index in [0.29, 0.717) is 0 Å². The fraction of sp³-hybridized carbons (Fsp3) is 0. The lowest BCUT2D eigenvalue weighted by Gasteiger charge is -2.29. The molecular weight excluding hydrogens is 653 g/mol. The molecule has 0 N–H and O–H groups in total. The van der Waals surface area contributed by atoms with Gasteiger partial charge in [-0.25, -0.2) is 0 Å². The van der Waals surface area contributed by atoms with Crippen LogP contribution in [0.4, 0.5) is 17.1 Å². The van der Waals surface area contributed by atoms with Gasteiger partial charge in [-0.1, -0.05) is 176 Å². The number of benzene rings is 9. The zero-order valence-corrected chi connectivity index (χ0v) is 29.7. The molecule has 2 heteroatoms. The largest absolute Gasteiger partial charge is 0.308 e. The van der Waals surface area contributed by atoms with Gasteiger partial charge in [0.15, 0.2) is 0 Å². The van der Waals surface area contributed by atoms with Crippen LogP contribution in [0.1, 0.15) is 0 Å². The van der Waals surface area contributed by atoms with Gasteiger partial charge in [-0.2, -0.15) is 0 Å². The van der Waals surface area contributed by atoms with E-state index >= 15 is 0 Å². The fourth-order valence-electron chi connectivity index (χ4n) is 8.15. The highest BCUT2D eigenvalue weighted by atomic mass is 15.2. The third kappa shape index (κ3) is 5.36. The van der Waals surface area contributed by atoms with Crippen molar-refractivity contribution in [1.82, 2.24) is 4.57 Å². The number of aromatic nitrogens is 1. The Morgan fingerprint density at radius 2 is 0.852 bits per heavy atom. The van der Waals surface area contributed by atoms with Crippen molar-refractivity contribution in [3.8, 4) is 39.1 Å².